The number of nitrogens with two attached hydrogens (primary N) is 1. The van der Waals surface area contributed by atoms with Gasteiger partial charge in [-0.2, -0.15) is 0 Å². The summed E-state index contributed by atoms with van der Waals surface area (Å²) in [6.07, 6.45) is 1.52. The molecule has 0 saturated carbocycles. The third kappa shape index (κ3) is 4.61. The van der Waals surface area contributed by atoms with Crippen molar-refractivity contribution in [3.8, 4) is 0 Å². The Kier molecular flexibility index (Phi) is 6.39. The zero-order valence-corrected chi connectivity index (χ0v) is 8.63. The predicted molar refractivity (Wildman–Crippen MR) is 52.9 cm³/mol. The molecule has 0 aliphatic heterocycles. The second-order valence-electron chi connectivity index (χ2n) is 3.13. The Labute approximate surface area is 87.7 Å². The van der Waals surface area contributed by atoms with Crippen molar-refractivity contribution in [2.75, 3.05) is 6.54 Å². The van der Waals surface area contributed by atoms with Gasteiger partial charge in [0.1, 0.15) is 0 Å². The lowest BCUT2D eigenvalue weighted by atomic mass is 10.1. The van der Waals surface area contributed by atoms with Crippen molar-refractivity contribution in [3.05, 3.63) is 0 Å². The van der Waals surface area contributed by atoms with Gasteiger partial charge in [-0.15, -0.1) is 0 Å². The minimum absolute atomic E-state index is 0.157. The van der Waals surface area contributed by atoms with E-state index in [1.165, 1.54) is 6.92 Å². The van der Waals surface area contributed by atoms with E-state index in [1.807, 2.05) is 0 Å². The van der Waals surface area contributed by atoms with Crippen LogP contribution in [0.5, 0.6) is 0 Å². The molecule has 0 rings (SSSR count). The first kappa shape index (κ1) is 13.7. The largest absolute Gasteiger partial charge is 0.480 e. The van der Waals surface area contributed by atoms with Gasteiger partial charge in [0, 0.05) is 0 Å². The minimum atomic E-state index is -1.17. The van der Waals surface area contributed by atoms with Gasteiger partial charge < -0.3 is 16.0 Å². The van der Waals surface area contributed by atoms with Crippen LogP contribution in [0, 0.1) is 0 Å². The highest BCUT2D eigenvalue weighted by atomic mass is 16.5. The highest BCUT2D eigenvalue weighted by molar-refractivity contribution is 5.84. The van der Waals surface area contributed by atoms with Crippen LogP contribution in [0.3, 0.4) is 0 Å². The molecule has 7 heteroatoms. The molecular formula is C8H17N3O4. The molecule has 0 aliphatic carbocycles. The van der Waals surface area contributed by atoms with E-state index < -0.39 is 12.0 Å². The Morgan fingerprint density at radius 1 is 1.53 bits per heavy atom. The van der Waals surface area contributed by atoms with Crippen molar-refractivity contribution < 1.29 is 20.3 Å². The van der Waals surface area contributed by atoms with Crippen LogP contribution in [-0.4, -0.2) is 45.0 Å². The van der Waals surface area contributed by atoms with Crippen molar-refractivity contribution in [1.29, 1.82) is 0 Å². The summed E-state index contributed by atoms with van der Waals surface area (Å²) >= 11 is 0. The third-order valence-electron chi connectivity index (χ3n) is 1.99. The molecule has 0 unspecified atom stereocenters. The van der Waals surface area contributed by atoms with E-state index >= 15 is 0 Å². The van der Waals surface area contributed by atoms with Crippen LogP contribution >= 0.6 is 0 Å². The molecule has 5 N–H and O–H groups in total. The van der Waals surface area contributed by atoms with Gasteiger partial charge in [-0.05, 0) is 32.7 Å². The lowest BCUT2D eigenvalue weighted by Gasteiger charge is -2.22. The first-order valence-corrected chi connectivity index (χ1v) is 4.64. The predicted octanol–water partition coefficient (Wildman–Crippen LogP) is 0.0674. The Balaban J connectivity index is 4.32. The standard InChI is InChI=1S/C8H17N3O4/c1-6(10-14)11(15)7(8(12)13)4-2-3-5-9/h7,14-15H,2-5,9H2,1H3,(H,12,13)/b10-6+/t7-/m0/s1. The molecular weight excluding hydrogens is 202 g/mol. The van der Waals surface area contributed by atoms with Gasteiger partial charge >= 0.3 is 5.97 Å². The van der Waals surface area contributed by atoms with Gasteiger partial charge in [0.15, 0.2) is 11.9 Å². The first-order chi connectivity index (χ1) is 7.04. The molecule has 0 heterocycles. The van der Waals surface area contributed by atoms with E-state index in [2.05, 4.69) is 5.16 Å². The number of rotatable bonds is 6. The van der Waals surface area contributed by atoms with E-state index in [9.17, 15) is 10.0 Å². The van der Waals surface area contributed by atoms with Crippen molar-refractivity contribution >= 4 is 11.8 Å². The van der Waals surface area contributed by atoms with Gasteiger partial charge in [0.2, 0.25) is 0 Å². The highest BCUT2D eigenvalue weighted by Gasteiger charge is 2.25. The molecule has 0 amide bonds. The summed E-state index contributed by atoms with van der Waals surface area (Å²) in [6, 6.07) is -1.10. The topological polar surface area (TPSA) is 119 Å². The number of hydroxylamine groups is 2. The number of nitrogens with zero attached hydrogens (tertiary/aromatic N) is 2. The molecule has 1 atom stereocenters. The number of oxime groups is 1. The number of carboxylic acids is 1. The minimum Gasteiger partial charge on any atom is -0.480 e. The fourth-order valence-corrected chi connectivity index (χ4v) is 1.10. The lowest BCUT2D eigenvalue weighted by Crippen LogP contribution is -2.41. The number of amidine groups is 1. The molecule has 0 aromatic carbocycles. The van der Waals surface area contributed by atoms with E-state index in [1.54, 1.807) is 0 Å². The van der Waals surface area contributed by atoms with E-state index in [4.69, 9.17) is 16.0 Å². The summed E-state index contributed by atoms with van der Waals surface area (Å²) in [4.78, 5) is 10.8. The van der Waals surface area contributed by atoms with Crippen molar-refractivity contribution in [1.82, 2.24) is 5.06 Å². The van der Waals surface area contributed by atoms with Crippen LogP contribution in [0.1, 0.15) is 26.2 Å². The normalized spacial score (nSPS) is 13.7. The highest BCUT2D eigenvalue weighted by Crippen LogP contribution is 2.08. The van der Waals surface area contributed by atoms with Crippen molar-refractivity contribution in [2.24, 2.45) is 10.9 Å². The molecule has 0 bridgehead atoms. The fraction of sp³-hybridized carbons (Fsp3) is 0.750. The summed E-state index contributed by atoms with van der Waals surface area (Å²) in [6.45, 7) is 1.78. The molecule has 15 heavy (non-hydrogen) atoms. The molecule has 88 valence electrons. The number of hydrogen-bond acceptors (Lipinski definition) is 5. The zero-order valence-electron chi connectivity index (χ0n) is 8.63. The van der Waals surface area contributed by atoms with Gasteiger partial charge in [-0.1, -0.05) is 5.16 Å². The van der Waals surface area contributed by atoms with Crippen LogP contribution in [0.2, 0.25) is 0 Å². The quantitative estimate of drug-likeness (QED) is 0.165. The van der Waals surface area contributed by atoms with Gasteiger partial charge in [-0.3, -0.25) is 5.21 Å². The zero-order chi connectivity index (χ0) is 11.8. The summed E-state index contributed by atoms with van der Waals surface area (Å²) in [5.41, 5.74) is 5.27. The number of carbonyl (C=O) groups is 1. The lowest BCUT2D eigenvalue weighted by molar-refractivity contribution is -0.154. The Hall–Kier alpha value is -1.34. The van der Waals surface area contributed by atoms with E-state index in [-0.39, 0.29) is 12.3 Å². The Morgan fingerprint density at radius 2 is 2.13 bits per heavy atom. The van der Waals surface area contributed by atoms with Crippen LogP contribution in [-0.2, 0) is 4.79 Å². The molecule has 0 aliphatic rings. The fourth-order valence-electron chi connectivity index (χ4n) is 1.10. The molecule has 0 radical (unpaired) electrons. The van der Waals surface area contributed by atoms with E-state index in [0.717, 1.165) is 0 Å². The summed E-state index contributed by atoms with van der Waals surface area (Å²) < 4.78 is 0. The number of aliphatic carboxylic acids is 1. The second kappa shape index (κ2) is 7.02. The van der Waals surface area contributed by atoms with Gasteiger partial charge in [-0.25, -0.2) is 9.86 Å². The Morgan fingerprint density at radius 3 is 2.53 bits per heavy atom. The van der Waals surface area contributed by atoms with Crippen molar-refractivity contribution in [3.63, 3.8) is 0 Å². The summed E-state index contributed by atoms with van der Waals surface area (Å²) in [5, 5.41) is 29.7. The summed E-state index contributed by atoms with van der Waals surface area (Å²) in [5.74, 6) is -1.33. The van der Waals surface area contributed by atoms with Crippen LogP contribution in [0.25, 0.3) is 0 Å². The van der Waals surface area contributed by atoms with Crippen molar-refractivity contribution in [2.45, 2.75) is 32.2 Å². The maximum atomic E-state index is 10.8. The van der Waals surface area contributed by atoms with Gasteiger partial charge in [0.05, 0.1) is 0 Å². The molecule has 0 saturated heterocycles. The number of carboxylic acid groups (broad SMARTS) is 1. The smallest absolute Gasteiger partial charge is 0.329 e. The molecule has 7 nitrogen and oxygen atoms in total. The number of hydrogen-bond donors (Lipinski definition) is 4. The maximum Gasteiger partial charge on any atom is 0.329 e. The van der Waals surface area contributed by atoms with Crippen LogP contribution in [0.15, 0.2) is 5.16 Å². The molecule has 0 spiro atoms. The SMILES string of the molecule is C/C(=N\O)N(O)[C@@H](CCCCN)C(=O)O. The third-order valence-corrected chi connectivity index (χ3v) is 1.99. The molecule has 0 aromatic heterocycles. The molecule has 0 aromatic rings. The van der Waals surface area contributed by atoms with E-state index in [0.29, 0.717) is 24.4 Å². The average molecular weight is 219 g/mol. The Bertz CT molecular complexity index is 232. The van der Waals surface area contributed by atoms with Crippen LogP contribution in [0.4, 0.5) is 0 Å². The maximum absolute atomic E-state index is 10.8. The monoisotopic (exact) mass is 219 g/mol. The average Bonchev–Trinajstić information content (AvgIpc) is 2.22. The summed E-state index contributed by atoms with van der Waals surface area (Å²) in [7, 11) is 0. The first-order valence-electron chi connectivity index (χ1n) is 4.64. The van der Waals surface area contributed by atoms with Gasteiger partial charge in [0.25, 0.3) is 0 Å². The van der Waals surface area contributed by atoms with Crippen LogP contribution < -0.4 is 5.73 Å². The molecule has 0 fully saturated rings. The second-order valence-corrected chi connectivity index (χ2v) is 3.13. The number of unbranched alkanes of at least 4 members (excludes halogenated alkanes) is 1.